The fourth-order valence-electron chi connectivity index (χ4n) is 2.74. The molecule has 1 heterocycles. The first kappa shape index (κ1) is 17.2. The van der Waals surface area contributed by atoms with Crippen LogP contribution in [0.2, 0.25) is 0 Å². The molecule has 1 aromatic carbocycles. The molecule has 0 aromatic heterocycles. The summed E-state index contributed by atoms with van der Waals surface area (Å²) in [5.74, 6) is 0.0447. The van der Waals surface area contributed by atoms with E-state index in [2.05, 4.69) is 0 Å². The molecule has 1 aliphatic rings. The average Bonchev–Trinajstić information content (AvgIpc) is 2.79. The summed E-state index contributed by atoms with van der Waals surface area (Å²) < 4.78 is 0. The standard InChI is InChI=1S/C18H24N2O3/c1-14-4-6-16(7-5-14)17(22)8-9-18(23)20-11-3-10-19(12-13-20)15(2)21/h4-7H,3,8-13H2,1-2H3. The summed E-state index contributed by atoms with van der Waals surface area (Å²) in [6.07, 6.45) is 1.25. The lowest BCUT2D eigenvalue weighted by atomic mass is 10.0. The van der Waals surface area contributed by atoms with Crippen molar-refractivity contribution in [2.75, 3.05) is 26.2 Å². The number of hydrogen-bond donors (Lipinski definition) is 0. The first-order valence-corrected chi connectivity index (χ1v) is 8.10. The van der Waals surface area contributed by atoms with Crippen molar-refractivity contribution in [1.82, 2.24) is 9.80 Å². The molecule has 0 unspecified atom stereocenters. The summed E-state index contributed by atoms with van der Waals surface area (Å²) in [6, 6.07) is 7.41. The van der Waals surface area contributed by atoms with Crippen molar-refractivity contribution < 1.29 is 14.4 Å². The van der Waals surface area contributed by atoms with Gasteiger partial charge in [-0.05, 0) is 13.3 Å². The van der Waals surface area contributed by atoms with Crippen molar-refractivity contribution in [2.45, 2.75) is 33.1 Å². The Balaban J connectivity index is 1.83. The average molecular weight is 316 g/mol. The molecule has 0 radical (unpaired) electrons. The highest BCUT2D eigenvalue weighted by atomic mass is 16.2. The van der Waals surface area contributed by atoms with Crippen molar-refractivity contribution in [3.05, 3.63) is 35.4 Å². The number of aryl methyl sites for hydroxylation is 1. The highest BCUT2D eigenvalue weighted by Crippen LogP contribution is 2.10. The van der Waals surface area contributed by atoms with Gasteiger partial charge in [-0.25, -0.2) is 0 Å². The summed E-state index contributed by atoms with van der Waals surface area (Å²) >= 11 is 0. The number of ketones is 1. The van der Waals surface area contributed by atoms with Crippen LogP contribution in [0.5, 0.6) is 0 Å². The van der Waals surface area contributed by atoms with Crippen LogP contribution in [0.3, 0.4) is 0 Å². The summed E-state index contributed by atoms with van der Waals surface area (Å²) in [5, 5.41) is 0. The zero-order chi connectivity index (χ0) is 16.8. The van der Waals surface area contributed by atoms with Gasteiger partial charge in [-0.2, -0.15) is 0 Å². The van der Waals surface area contributed by atoms with Gasteiger partial charge in [0, 0.05) is 51.5 Å². The number of carbonyl (C=O) groups excluding carboxylic acids is 3. The Bertz CT molecular complexity index is 580. The number of amides is 2. The lowest BCUT2D eigenvalue weighted by Gasteiger charge is -2.21. The second-order valence-corrected chi connectivity index (χ2v) is 6.03. The van der Waals surface area contributed by atoms with Crippen LogP contribution in [0.25, 0.3) is 0 Å². The summed E-state index contributed by atoms with van der Waals surface area (Å²) in [4.78, 5) is 39.4. The number of nitrogens with zero attached hydrogens (tertiary/aromatic N) is 2. The molecule has 0 aliphatic carbocycles. The molecule has 0 N–H and O–H groups in total. The largest absolute Gasteiger partial charge is 0.341 e. The van der Waals surface area contributed by atoms with Crippen LogP contribution in [-0.2, 0) is 9.59 Å². The van der Waals surface area contributed by atoms with Gasteiger partial charge < -0.3 is 9.80 Å². The molecule has 2 amide bonds. The summed E-state index contributed by atoms with van der Waals surface area (Å²) in [5.41, 5.74) is 1.76. The molecule has 5 heteroatoms. The SMILES string of the molecule is CC(=O)N1CCCN(C(=O)CCC(=O)c2ccc(C)cc2)CC1. The molecule has 0 saturated carbocycles. The van der Waals surface area contributed by atoms with Crippen molar-refractivity contribution >= 4 is 17.6 Å². The lowest BCUT2D eigenvalue weighted by Crippen LogP contribution is -2.36. The minimum Gasteiger partial charge on any atom is -0.341 e. The number of benzene rings is 1. The monoisotopic (exact) mass is 316 g/mol. The van der Waals surface area contributed by atoms with Gasteiger partial charge in [-0.1, -0.05) is 29.8 Å². The van der Waals surface area contributed by atoms with Gasteiger partial charge in [-0.15, -0.1) is 0 Å². The molecule has 1 saturated heterocycles. The molecule has 0 bridgehead atoms. The maximum atomic E-state index is 12.3. The Morgan fingerprint density at radius 1 is 0.913 bits per heavy atom. The minimum absolute atomic E-state index is 0.00136. The van der Waals surface area contributed by atoms with E-state index in [1.807, 2.05) is 19.1 Å². The maximum absolute atomic E-state index is 12.3. The van der Waals surface area contributed by atoms with Crippen LogP contribution < -0.4 is 0 Å². The first-order chi connectivity index (χ1) is 11.0. The third-order valence-corrected chi connectivity index (χ3v) is 4.23. The highest BCUT2D eigenvalue weighted by molar-refractivity contribution is 5.98. The van der Waals surface area contributed by atoms with E-state index in [0.29, 0.717) is 31.7 Å². The van der Waals surface area contributed by atoms with Gasteiger partial charge in [0.2, 0.25) is 11.8 Å². The van der Waals surface area contributed by atoms with Crippen LogP contribution in [-0.4, -0.2) is 53.6 Å². The topological polar surface area (TPSA) is 57.7 Å². The summed E-state index contributed by atoms with van der Waals surface area (Å²) in [6.45, 7) is 6.01. The van der Waals surface area contributed by atoms with Crippen LogP contribution >= 0.6 is 0 Å². The Hall–Kier alpha value is -2.17. The van der Waals surface area contributed by atoms with Gasteiger partial charge in [0.25, 0.3) is 0 Å². The van der Waals surface area contributed by atoms with Gasteiger partial charge >= 0.3 is 0 Å². The minimum atomic E-state index is -0.00383. The highest BCUT2D eigenvalue weighted by Gasteiger charge is 2.20. The molecule has 5 nitrogen and oxygen atoms in total. The van der Waals surface area contributed by atoms with Gasteiger partial charge in [-0.3, -0.25) is 14.4 Å². The predicted molar refractivity (Wildman–Crippen MR) is 88.2 cm³/mol. The third-order valence-electron chi connectivity index (χ3n) is 4.23. The van der Waals surface area contributed by atoms with Crippen LogP contribution in [0, 0.1) is 6.92 Å². The summed E-state index contributed by atoms with van der Waals surface area (Å²) in [7, 11) is 0. The zero-order valence-corrected chi connectivity index (χ0v) is 13.9. The zero-order valence-electron chi connectivity index (χ0n) is 13.9. The molecular formula is C18H24N2O3. The van der Waals surface area contributed by atoms with E-state index in [-0.39, 0.29) is 30.4 Å². The maximum Gasteiger partial charge on any atom is 0.223 e. The molecule has 124 valence electrons. The molecular weight excluding hydrogens is 292 g/mol. The number of rotatable bonds is 4. The second-order valence-electron chi connectivity index (χ2n) is 6.03. The fraction of sp³-hybridized carbons (Fsp3) is 0.500. The van der Waals surface area contributed by atoms with Gasteiger partial charge in [0.1, 0.15) is 0 Å². The number of hydrogen-bond acceptors (Lipinski definition) is 3. The van der Waals surface area contributed by atoms with E-state index in [0.717, 1.165) is 12.0 Å². The lowest BCUT2D eigenvalue weighted by molar-refractivity contribution is -0.132. The van der Waals surface area contributed by atoms with E-state index in [9.17, 15) is 14.4 Å². The quantitative estimate of drug-likeness (QED) is 0.799. The third kappa shape index (κ3) is 4.91. The van der Waals surface area contributed by atoms with E-state index in [1.54, 1.807) is 28.9 Å². The number of Topliss-reactive ketones (excluding diaryl/α,β-unsaturated/α-hetero) is 1. The van der Waals surface area contributed by atoms with E-state index >= 15 is 0 Å². The van der Waals surface area contributed by atoms with E-state index in [4.69, 9.17) is 0 Å². The molecule has 1 aliphatic heterocycles. The fourth-order valence-corrected chi connectivity index (χ4v) is 2.74. The Labute approximate surface area is 137 Å². The molecule has 1 fully saturated rings. The Morgan fingerprint density at radius 3 is 2.17 bits per heavy atom. The first-order valence-electron chi connectivity index (χ1n) is 8.10. The molecule has 2 rings (SSSR count). The molecule has 0 spiro atoms. The van der Waals surface area contributed by atoms with E-state index in [1.165, 1.54) is 0 Å². The van der Waals surface area contributed by atoms with Crippen LogP contribution in [0.4, 0.5) is 0 Å². The van der Waals surface area contributed by atoms with Crippen molar-refractivity contribution in [3.63, 3.8) is 0 Å². The number of carbonyl (C=O) groups is 3. The Kier molecular flexibility index (Phi) is 5.90. The predicted octanol–water partition coefficient (Wildman–Crippen LogP) is 2.04. The van der Waals surface area contributed by atoms with Crippen molar-refractivity contribution in [1.29, 1.82) is 0 Å². The van der Waals surface area contributed by atoms with Gasteiger partial charge in [0.15, 0.2) is 5.78 Å². The van der Waals surface area contributed by atoms with E-state index < -0.39 is 0 Å². The van der Waals surface area contributed by atoms with Crippen molar-refractivity contribution in [2.24, 2.45) is 0 Å². The molecule has 1 aromatic rings. The smallest absolute Gasteiger partial charge is 0.223 e. The molecule has 23 heavy (non-hydrogen) atoms. The molecule has 0 atom stereocenters. The normalized spacial score (nSPS) is 15.2. The van der Waals surface area contributed by atoms with Crippen LogP contribution in [0.15, 0.2) is 24.3 Å². The van der Waals surface area contributed by atoms with Crippen LogP contribution in [0.1, 0.15) is 42.1 Å². The van der Waals surface area contributed by atoms with Crippen molar-refractivity contribution in [3.8, 4) is 0 Å². The van der Waals surface area contributed by atoms with Gasteiger partial charge in [0.05, 0.1) is 0 Å². The Morgan fingerprint density at radius 2 is 1.52 bits per heavy atom. The second kappa shape index (κ2) is 7.90.